The van der Waals surface area contributed by atoms with Gasteiger partial charge in [-0.15, -0.1) is 3.89 Å². The molecule has 98 valence electrons. The van der Waals surface area contributed by atoms with E-state index in [1.54, 1.807) is 0 Å². The van der Waals surface area contributed by atoms with Crippen LogP contribution in [0.25, 0.3) is 0 Å². The maximum absolute atomic E-state index is 12.8. The van der Waals surface area contributed by atoms with Crippen LogP contribution in [-0.2, 0) is 15.0 Å². The van der Waals surface area contributed by atoms with Crippen molar-refractivity contribution in [3.63, 3.8) is 0 Å². The van der Waals surface area contributed by atoms with Gasteiger partial charge in [0.2, 0.25) is 5.91 Å². The molecule has 0 aromatic heterocycles. The number of benzene rings is 1. The lowest BCUT2D eigenvalue weighted by molar-refractivity contribution is -0.117. The highest BCUT2D eigenvalue weighted by molar-refractivity contribution is 9.10. The summed E-state index contributed by atoms with van der Waals surface area (Å²) in [5.41, 5.74) is 0.413. The Kier molecular flexibility index (Phi) is 3.33. The zero-order chi connectivity index (χ0) is 13.5. The zero-order valence-corrected chi connectivity index (χ0v) is 11.4. The van der Waals surface area contributed by atoms with E-state index in [0.717, 1.165) is 0 Å². The highest BCUT2D eigenvalue weighted by Crippen LogP contribution is 2.32. The van der Waals surface area contributed by atoms with E-state index < -0.39 is 21.4 Å². The Hall–Kier alpha value is -1.15. The van der Waals surface area contributed by atoms with Crippen molar-refractivity contribution in [3.05, 3.63) is 22.7 Å². The topological polar surface area (TPSA) is 74.7 Å². The van der Waals surface area contributed by atoms with E-state index in [0.29, 0.717) is 10.2 Å². The average Bonchev–Trinajstić information content (AvgIpc) is 2.64. The van der Waals surface area contributed by atoms with Gasteiger partial charge in [0.25, 0.3) is 0 Å². The Bertz CT molecular complexity index is 604. The van der Waals surface area contributed by atoms with E-state index in [4.69, 9.17) is 0 Å². The highest BCUT2D eigenvalue weighted by atomic mass is 79.9. The van der Waals surface area contributed by atoms with Crippen LogP contribution in [0.3, 0.4) is 0 Å². The Morgan fingerprint density at radius 2 is 2.11 bits per heavy atom. The van der Waals surface area contributed by atoms with E-state index >= 15 is 0 Å². The van der Waals surface area contributed by atoms with Crippen LogP contribution in [0.2, 0.25) is 0 Å². The normalized spacial score (nSPS) is 20.4. The number of carbonyl (C=O) groups is 1. The SMILES string of the molecule is O=C1CC(S(=O)(=O)F)CN1c1ccc(O)c(Br)c1. The van der Waals surface area contributed by atoms with Gasteiger partial charge in [0.05, 0.1) is 4.47 Å². The molecule has 1 aromatic carbocycles. The molecular weight excluding hydrogens is 329 g/mol. The van der Waals surface area contributed by atoms with Crippen LogP contribution in [0.15, 0.2) is 22.7 Å². The number of phenolic OH excluding ortho intramolecular Hbond substituents is 1. The molecule has 8 heteroatoms. The zero-order valence-electron chi connectivity index (χ0n) is 9.01. The van der Waals surface area contributed by atoms with Gasteiger partial charge in [0.1, 0.15) is 11.0 Å². The Morgan fingerprint density at radius 3 is 2.61 bits per heavy atom. The third kappa shape index (κ3) is 2.49. The van der Waals surface area contributed by atoms with Crippen LogP contribution in [-0.4, -0.2) is 31.2 Å². The van der Waals surface area contributed by atoms with E-state index in [1.165, 1.54) is 23.1 Å². The smallest absolute Gasteiger partial charge is 0.307 e. The fraction of sp³-hybridized carbons (Fsp3) is 0.300. The first-order valence-electron chi connectivity index (χ1n) is 5.01. The summed E-state index contributed by atoms with van der Waals surface area (Å²) in [5, 5.41) is 8.01. The number of amides is 1. The minimum Gasteiger partial charge on any atom is -0.507 e. The molecule has 1 saturated heterocycles. The Labute approximate surface area is 112 Å². The van der Waals surface area contributed by atoms with E-state index in [9.17, 15) is 22.2 Å². The number of aromatic hydroxyl groups is 1. The number of phenols is 1. The van der Waals surface area contributed by atoms with Crippen LogP contribution in [0.4, 0.5) is 9.57 Å². The van der Waals surface area contributed by atoms with Crippen molar-refractivity contribution in [3.8, 4) is 5.75 Å². The van der Waals surface area contributed by atoms with Gasteiger partial charge in [-0.1, -0.05) is 0 Å². The second kappa shape index (κ2) is 4.51. The van der Waals surface area contributed by atoms with Gasteiger partial charge in [-0.3, -0.25) is 4.79 Å². The van der Waals surface area contributed by atoms with Crippen molar-refractivity contribution < 1.29 is 22.2 Å². The summed E-state index contributed by atoms with van der Waals surface area (Å²) in [6, 6.07) is 4.30. The molecule has 0 saturated carbocycles. The molecule has 0 spiro atoms. The summed E-state index contributed by atoms with van der Waals surface area (Å²) in [6.07, 6.45) is -0.364. The molecule has 18 heavy (non-hydrogen) atoms. The predicted molar refractivity (Wildman–Crippen MR) is 66.6 cm³/mol. The van der Waals surface area contributed by atoms with Crippen LogP contribution >= 0.6 is 15.9 Å². The van der Waals surface area contributed by atoms with Crippen LogP contribution in [0.5, 0.6) is 5.75 Å². The van der Waals surface area contributed by atoms with E-state index in [1.807, 2.05) is 0 Å². The lowest BCUT2D eigenvalue weighted by atomic mass is 10.3. The third-order valence-electron chi connectivity index (χ3n) is 2.73. The second-order valence-corrected chi connectivity index (χ2v) is 6.41. The number of nitrogens with zero attached hydrogens (tertiary/aromatic N) is 1. The van der Waals surface area contributed by atoms with E-state index in [-0.39, 0.29) is 18.7 Å². The molecule has 1 fully saturated rings. The summed E-state index contributed by atoms with van der Waals surface area (Å²) in [7, 11) is -4.72. The number of hydrogen-bond acceptors (Lipinski definition) is 4. The van der Waals surface area contributed by atoms with Gasteiger partial charge >= 0.3 is 10.2 Å². The molecule has 1 amide bonds. The number of hydrogen-bond donors (Lipinski definition) is 1. The molecule has 1 aliphatic rings. The fourth-order valence-corrected chi connectivity index (χ4v) is 2.81. The molecule has 1 heterocycles. The largest absolute Gasteiger partial charge is 0.507 e. The first-order chi connectivity index (χ1) is 8.29. The second-order valence-electron chi connectivity index (χ2n) is 3.94. The van der Waals surface area contributed by atoms with Gasteiger partial charge in [-0.2, -0.15) is 8.42 Å². The molecule has 5 nitrogen and oxygen atoms in total. The van der Waals surface area contributed by atoms with Gasteiger partial charge in [0.15, 0.2) is 0 Å². The number of halogens is 2. The van der Waals surface area contributed by atoms with Gasteiger partial charge in [0, 0.05) is 18.7 Å². The third-order valence-corrected chi connectivity index (χ3v) is 4.48. The minimum atomic E-state index is -4.72. The first-order valence-corrected chi connectivity index (χ1v) is 7.25. The molecule has 0 aliphatic carbocycles. The van der Waals surface area contributed by atoms with Crippen molar-refractivity contribution >= 4 is 37.7 Å². The number of rotatable bonds is 2. The summed E-state index contributed by atoms with van der Waals surface area (Å²) in [6.45, 7) is -0.213. The summed E-state index contributed by atoms with van der Waals surface area (Å²) in [5.74, 6) is -0.459. The van der Waals surface area contributed by atoms with Crippen molar-refractivity contribution in [2.45, 2.75) is 11.7 Å². The van der Waals surface area contributed by atoms with Crippen molar-refractivity contribution in [1.82, 2.24) is 0 Å². The van der Waals surface area contributed by atoms with E-state index in [2.05, 4.69) is 15.9 Å². The number of carbonyl (C=O) groups excluding carboxylic acids is 1. The molecular formula is C10H9BrFNO4S. The quantitative estimate of drug-likeness (QED) is 0.831. The lowest BCUT2D eigenvalue weighted by Gasteiger charge is -2.16. The van der Waals surface area contributed by atoms with Crippen molar-refractivity contribution in [2.24, 2.45) is 0 Å². The maximum atomic E-state index is 12.8. The summed E-state index contributed by atoms with van der Waals surface area (Å²) < 4.78 is 34.8. The maximum Gasteiger partial charge on any atom is 0.307 e. The molecule has 1 unspecified atom stereocenters. The molecule has 1 aromatic rings. The minimum absolute atomic E-state index is 0.0000546. The molecule has 1 atom stereocenters. The number of anilines is 1. The Morgan fingerprint density at radius 1 is 1.44 bits per heavy atom. The van der Waals surface area contributed by atoms with Gasteiger partial charge in [-0.05, 0) is 34.1 Å². The highest BCUT2D eigenvalue weighted by Gasteiger charge is 2.39. The molecule has 1 aliphatic heterocycles. The molecule has 0 radical (unpaired) electrons. The fourth-order valence-electron chi connectivity index (χ4n) is 1.78. The van der Waals surface area contributed by atoms with Crippen LogP contribution in [0.1, 0.15) is 6.42 Å². The van der Waals surface area contributed by atoms with Crippen LogP contribution in [0, 0.1) is 0 Å². The first kappa shape index (κ1) is 13.3. The van der Waals surface area contributed by atoms with Crippen LogP contribution < -0.4 is 4.90 Å². The molecule has 2 rings (SSSR count). The van der Waals surface area contributed by atoms with Crippen molar-refractivity contribution in [1.29, 1.82) is 0 Å². The predicted octanol–water partition coefficient (Wildman–Crippen LogP) is 1.56. The van der Waals surface area contributed by atoms with Gasteiger partial charge < -0.3 is 10.0 Å². The monoisotopic (exact) mass is 337 g/mol. The Balaban J connectivity index is 2.30. The summed E-state index contributed by atoms with van der Waals surface area (Å²) in [4.78, 5) is 12.8. The lowest BCUT2D eigenvalue weighted by Crippen LogP contribution is -2.26. The molecule has 0 bridgehead atoms. The standard InChI is InChI=1S/C10H9BrFNO4S/c11-8-3-6(1-2-9(8)14)13-5-7(4-10(13)15)18(12,16)17/h1-3,7,14H,4-5H2. The van der Waals surface area contributed by atoms with Crippen molar-refractivity contribution in [2.75, 3.05) is 11.4 Å². The summed E-state index contributed by atoms with van der Waals surface area (Å²) >= 11 is 3.09. The average molecular weight is 338 g/mol. The molecule has 1 N–H and O–H groups in total. The van der Waals surface area contributed by atoms with Gasteiger partial charge in [-0.25, -0.2) is 0 Å².